The van der Waals surface area contributed by atoms with Crippen LogP contribution in [0.4, 0.5) is 13.2 Å². The Morgan fingerprint density at radius 3 is 2.30 bits per heavy atom. The number of carbonyl (C=O) groups is 1. The molecular formula is C20H22F3N3O. The highest BCUT2D eigenvalue weighted by atomic mass is 19.4. The van der Waals surface area contributed by atoms with Crippen LogP contribution < -0.4 is 5.32 Å². The highest BCUT2D eigenvalue weighted by Crippen LogP contribution is 2.29. The van der Waals surface area contributed by atoms with Crippen LogP contribution in [0.1, 0.15) is 34.3 Å². The van der Waals surface area contributed by atoms with Crippen molar-refractivity contribution in [3.8, 4) is 0 Å². The van der Waals surface area contributed by atoms with Crippen molar-refractivity contribution in [3.05, 3.63) is 65.5 Å². The van der Waals surface area contributed by atoms with E-state index in [9.17, 15) is 18.0 Å². The first-order valence-corrected chi connectivity index (χ1v) is 8.98. The van der Waals surface area contributed by atoms with Crippen molar-refractivity contribution in [1.82, 2.24) is 15.2 Å². The zero-order chi connectivity index (χ0) is 19.3. The number of rotatable bonds is 5. The van der Waals surface area contributed by atoms with E-state index in [2.05, 4.69) is 15.2 Å². The third-order valence-corrected chi connectivity index (χ3v) is 4.89. The topological polar surface area (TPSA) is 45.2 Å². The largest absolute Gasteiger partial charge is 0.416 e. The van der Waals surface area contributed by atoms with E-state index in [1.807, 2.05) is 12.1 Å². The van der Waals surface area contributed by atoms with Gasteiger partial charge in [0.2, 0.25) is 0 Å². The number of nitrogens with one attached hydrogen (secondary N) is 1. The molecule has 0 aliphatic carbocycles. The summed E-state index contributed by atoms with van der Waals surface area (Å²) in [5.41, 5.74) is 0.734. The Morgan fingerprint density at radius 1 is 1.07 bits per heavy atom. The summed E-state index contributed by atoms with van der Waals surface area (Å²) in [7, 11) is 0. The number of nitrogens with zero attached hydrogens (tertiary/aromatic N) is 2. The minimum absolute atomic E-state index is 0.248. The molecule has 0 radical (unpaired) electrons. The summed E-state index contributed by atoms with van der Waals surface area (Å²) in [6.45, 7) is 3.36. The predicted octanol–water partition coefficient (Wildman–Crippen LogP) is 3.74. The highest BCUT2D eigenvalue weighted by molar-refractivity contribution is 5.94. The first-order chi connectivity index (χ1) is 12.9. The van der Waals surface area contributed by atoms with Crippen molar-refractivity contribution in [2.75, 3.05) is 19.6 Å². The van der Waals surface area contributed by atoms with Gasteiger partial charge in [0.05, 0.1) is 5.56 Å². The van der Waals surface area contributed by atoms with Gasteiger partial charge in [-0.25, -0.2) is 0 Å². The van der Waals surface area contributed by atoms with E-state index in [1.54, 1.807) is 12.4 Å². The molecule has 2 aromatic rings. The molecule has 1 aliphatic rings. The molecule has 1 aromatic carbocycles. The van der Waals surface area contributed by atoms with Crippen molar-refractivity contribution in [2.24, 2.45) is 5.92 Å². The van der Waals surface area contributed by atoms with Gasteiger partial charge >= 0.3 is 6.18 Å². The smallest absolute Gasteiger partial charge is 0.352 e. The number of hydrogen-bond acceptors (Lipinski definition) is 3. The Kier molecular flexibility index (Phi) is 6.11. The van der Waals surface area contributed by atoms with Crippen LogP contribution in [0.3, 0.4) is 0 Å². The fourth-order valence-electron chi connectivity index (χ4n) is 3.24. The average Bonchev–Trinajstić information content (AvgIpc) is 2.67. The number of aromatic nitrogens is 1. The highest BCUT2D eigenvalue weighted by Gasteiger charge is 2.30. The maximum atomic E-state index is 12.6. The fraction of sp³-hybridized carbons (Fsp3) is 0.400. The van der Waals surface area contributed by atoms with E-state index < -0.39 is 11.7 Å². The summed E-state index contributed by atoms with van der Waals surface area (Å²) < 4.78 is 37.7. The van der Waals surface area contributed by atoms with Crippen LogP contribution in [0, 0.1) is 5.92 Å². The first-order valence-electron chi connectivity index (χ1n) is 8.98. The van der Waals surface area contributed by atoms with Gasteiger partial charge in [0, 0.05) is 31.0 Å². The van der Waals surface area contributed by atoms with E-state index in [1.165, 1.54) is 17.7 Å². The lowest BCUT2D eigenvalue weighted by Gasteiger charge is -2.32. The predicted molar refractivity (Wildman–Crippen MR) is 96.0 cm³/mol. The maximum absolute atomic E-state index is 12.6. The van der Waals surface area contributed by atoms with Crippen LogP contribution in [0.5, 0.6) is 0 Å². The molecule has 27 heavy (non-hydrogen) atoms. The second kappa shape index (κ2) is 8.52. The molecule has 1 amide bonds. The molecule has 1 aromatic heterocycles. The molecule has 1 aliphatic heterocycles. The van der Waals surface area contributed by atoms with Gasteiger partial charge in [0.25, 0.3) is 5.91 Å². The number of hydrogen-bond donors (Lipinski definition) is 1. The van der Waals surface area contributed by atoms with Gasteiger partial charge in [0.15, 0.2) is 0 Å². The van der Waals surface area contributed by atoms with Gasteiger partial charge in [0.1, 0.15) is 0 Å². The number of carbonyl (C=O) groups excluding carboxylic acids is 1. The second-order valence-electron chi connectivity index (χ2n) is 6.86. The maximum Gasteiger partial charge on any atom is 0.416 e. The van der Waals surface area contributed by atoms with Crippen molar-refractivity contribution < 1.29 is 18.0 Å². The monoisotopic (exact) mass is 377 g/mol. The van der Waals surface area contributed by atoms with Crippen molar-refractivity contribution in [1.29, 1.82) is 0 Å². The average molecular weight is 377 g/mol. The van der Waals surface area contributed by atoms with E-state index in [0.29, 0.717) is 12.5 Å². The molecule has 0 atom stereocenters. The Labute approximate surface area is 156 Å². The molecule has 144 valence electrons. The third-order valence-electron chi connectivity index (χ3n) is 4.89. The minimum Gasteiger partial charge on any atom is -0.352 e. The molecule has 0 saturated carbocycles. The van der Waals surface area contributed by atoms with Crippen molar-refractivity contribution >= 4 is 5.91 Å². The first kappa shape index (κ1) is 19.4. The molecule has 2 heterocycles. The minimum atomic E-state index is -4.39. The fourth-order valence-corrected chi connectivity index (χ4v) is 3.24. The van der Waals surface area contributed by atoms with E-state index in [-0.39, 0.29) is 11.5 Å². The zero-order valence-electron chi connectivity index (χ0n) is 14.9. The number of benzene rings is 1. The van der Waals surface area contributed by atoms with Gasteiger partial charge in [-0.1, -0.05) is 0 Å². The van der Waals surface area contributed by atoms with Crippen LogP contribution in [0.2, 0.25) is 0 Å². The van der Waals surface area contributed by atoms with Crippen LogP contribution in [-0.4, -0.2) is 35.4 Å². The molecule has 3 rings (SSSR count). The number of alkyl halides is 3. The summed E-state index contributed by atoms with van der Waals surface area (Å²) in [5.74, 6) is 0.0556. The molecule has 1 N–H and O–H groups in total. The van der Waals surface area contributed by atoms with Crippen LogP contribution >= 0.6 is 0 Å². The summed E-state index contributed by atoms with van der Waals surface area (Å²) in [6.07, 6.45) is 1.16. The standard InChI is InChI=1S/C20H22F3N3O/c21-20(22,23)18-3-1-17(2-4-18)19(27)25-13-15-7-11-26(12-8-15)14-16-5-9-24-10-6-16/h1-6,9-10,15H,7-8,11-14H2,(H,25,27). The van der Waals surface area contributed by atoms with E-state index >= 15 is 0 Å². The number of amides is 1. The summed E-state index contributed by atoms with van der Waals surface area (Å²) in [6, 6.07) is 8.33. The van der Waals surface area contributed by atoms with E-state index in [4.69, 9.17) is 0 Å². The number of pyridine rings is 1. The van der Waals surface area contributed by atoms with Crippen LogP contribution in [-0.2, 0) is 12.7 Å². The number of piperidine rings is 1. The number of likely N-dealkylation sites (tertiary alicyclic amines) is 1. The van der Waals surface area contributed by atoms with Gasteiger partial charge < -0.3 is 5.32 Å². The molecule has 0 spiro atoms. The van der Waals surface area contributed by atoms with Gasteiger partial charge in [-0.05, 0) is 73.8 Å². The zero-order valence-corrected chi connectivity index (χ0v) is 14.9. The van der Waals surface area contributed by atoms with Crippen molar-refractivity contribution in [2.45, 2.75) is 25.6 Å². The molecular weight excluding hydrogens is 355 g/mol. The molecule has 0 bridgehead atoms. The van der Waals surface area contributed by atoms with E-state index in [0.717, 1.165) is 44.6 Å². The van der Waals surface area contributed by atoms with Crippen LogP contribution in [0.25, 0.3) is 0 Å². The molecule has 1 fully saturated rings. The van der Waals surface area contributed by atoms with Gasteiger partial charge in [-0.15, -0.1) is 0 Å². The SMILES string of the molecule is O=C(NCC1CCN(Cc2ccncc2)CC1)c1ccc(C(F)(F)F)cc1. The third kappa shape index (κ3) is 5.53. The normalized spacial score (nSPS) is 16.3. The van der Waals surface area contributed by atoms with Crippen LogP contribution in [0.15, 0.2) is 48.8 Å². The molecule has 4 nitrogen and oxygen atoms in total. The molecule has 1 saturated heterocycles. The summed E-state index contributed by atoms with van der Waals surface area (Å²) >= 11 is 0. The Balaban J connectivity index is 1.42. The lowest BCUT2D eigenvalue weighted by molar-refractivity contribution is -0.137. The Morgan fingerprint density at radius 2 is 1.70 bits per heavy atom. The van der Waals surface area contributed by atoms with Crippen molar-refractivity contribution in [3.63, 3.8) is 0 Å². The Bertz CT molecular complexity index is 739. The summed E-state index contributed by atoms with van der Waals surface area (Å²) in [5, 5.41) is 2.84. The number of halogens is 3. The quantitative estimate of drug-likeness (QED) is 0.863. The molecule has 7 heteroatoms. The van der Waals surface area contributed by atoms with Gasteiger partial charge in [-0.2, -0.15) is 13.2 Å². The van der Waals surface area contributed by atoms with Gasteiger partial charge in [-0.3, -0.25) is 14.7 Å². The second-order valence-corrected chi connectivity index (χ2v) is 6.86. The summed E-state index contributed by atoms with van der Waals surface area (Å²) in [4.78, 5) is 18.5. The molecule has 0 unspecified atom stereocenters. The Hall–Kier alpha value is -2.41. The lowest BCUT2D eigenvalue weighted by atomic mass is 9.96. The lowest BCUT2D eigenvalue weighted by Crippen LogP contribution is -2.38.